The van der Waals surface area contributed by atoms with E-state index in [0.29, 0.717) is 15.1 Å². The molecule has 7 heteroatoms. The molecule has 0 radical (unpaired) electrons. The molecule has 0 amide bonds. The van der Waals surface area contributed by atoms with E-state index in [1.165, 1.54) is 29.8 Å². The van der Waals surface area contributed by atoms with Crippen LogP contribution in [0.15, 0.2) is 27.8 Å². The monoisotopic (exact) mass is 268 g/mol. The van der Waals surface area contributed by atoms with Crippen LogP contribution in [-0.4, -0.2) is 20.2 Å². The van der Waals surface area contributed by atoms with Crippen LogP contribution in [0.2, 0.25) is 5.02 Å². The van der Waals surface area contributed by atoms with Gasteiger partial charge in [0.25, 0.3) is 5.56 Å². The zero-order valence-electron chi connectivity index (χ0n) is 9.38. The Balaban J connectivity index is 2.92. The number of hydrogen-bond acceptors (Lipinski definition) is 3. The molecule has 0 unspecified atom stereocenters. The number of aromatic nitrogens is 2. The molecule has 0 saturated carbocycles. The molecule has 1 aromatic carbocycles. The summed E-state index contributed by atoms with van der Waals surface area (Å²) in [5.74, 6) is -1.25. The van der Waals surface area contributed by atoms with Gasteiger partial charge in [0.15, 0.2) is 0 Å². The van der Waals surface area contributed by atoms with E-state index in [0.717, 1.165) is 0 Å². The SMILES string of the molecule is Cn1c(=O)n(CC(=O)O)c(=O)c2ccc(Cl)cc21. The lowest BCUT2D eigenvalue weighted by atomic mass is 10.2. The summed E-state index contributed by atoms with van der Waals surface area (Å²) in [6.45, 7) is -0.663. The second kappa shape index (κ2) is 4.30. The van der Waals surface area contributed by atoms with Gasteiger partial charge in [0, 0.05) is 12.1 Å². The van der Waals surface area contributed by atoms with Gasteiger partial charge in [-0.25, -0.2) is 9.36 Å². The molecule has 1 aromatic heterocycles. The van der Waals surface area contributed by atoms with Crippen molar-refractivity contribution in [2.45, 2.75) is 6.54 Å². The summed E-state index contributed by atoms with van der Waals surface area (Å²) < 4.78 is 1.88. The van der Waals surface area contributed by atoms with Crippen molar-refractivity contribution >= 4 is 28.5 Å². The van der Waals surface area contributed by atoms with Gasteiger partial charge in [0.2, 0.25) is 0 Å². The Morgan fingerprint density at radius 2 is 2.06 bits per heavy atom. The molecule has 6 nitrogen and oxygen atoms in total. The quantitative estimate of drug-likeness (QED) is 0.857. The summed E-state index contributed by atoms with van der Waals surface area (Å²) in [5, 5.41) is 9.34. The summed E-state index contributed by atoms with van der Waals surface area (Å²) >= 11 is 5.80. The number of nitrogens with zero attached hydrogens (tertiary/aromatic N) is 2. The van der Waals surface area contributed by atoms with Crippen molar-refractivity contribution in [1.29, 1.82) is 0 Å². The minimum Gasteiger partial charge on any atom is -0.480 e. The fourth-order valence-electron chi connectivity index (χ4n) is 1.75. The Hall–Kier alpha value is -2.08. The molecule has 0 aliphatic heterocycles. The van der Waals surface area contributed by atoms with E-state index >= 15 is 0 Å². The number of fused-ring (bicyclic) bond motifs is 1. The largest absolute Gasteiger partial charge is 0.480 e. The smallest absolute Gasteiger partial charge is 0.331 e. The van der Waals surface area contributed by atoms with Gasteiger partial charge in [-0.2, -0.15) is 0 Å². The summed E-state index contributed by atoms with van der Waals surface area (Å²) in [6, 6.07) is 4.48. The van der Waals surface area contributed by atoms with E-state index in [2.05, 4.69) is 0 Å². The molecule has 1 N–H and O–H groups in total. The molecule has 0 aliphatic rings. The first-order valence-electron chi connectivity index (χ1n) is 5.02. The number of carboxylic acids is 1. The Morgan fingerprint density at radius 3 is 2.67 bits per heavy atom. The summed E-state index contributed by atoms with van der Waals surface area (Å²) in [4.78, 5) is 34.5. The number of carboxylic acid groups (broad SMARTS) is 1. The highest BCUT2D eigenvalue weighted by Crippen LogP contribution is 2.14. The third-order valence-corrected chi connectivity index (χ3v) is 2.84. The second-order valence-corrected chi connectivity index (χ2v) is 4.22. The van der Waals surface area contributed by atoms with Crippen molar-refractivity contribution in [2.24, 2.45) is 7.05 Å². The topological polar surface area (TPSA) is 81.3 Å². The highest BCUT2D eigenvalue weighted by molar-refractivity contribution is 6.31. The first-order chi connectivity index (χ1) is 8.41. The van der Waals surface area contributed by atoms with Crippen molar-refractivity contribution in [2.75, 3.05) is 0 Å². The van der Waals surface area contributed by atoms with E-state index in [1.807, 2.05) is 0 Å². The molecule has 0 fully saturated rings. The Bertz CT molecular complexity index is 760. The Morgan fingerprint density at radius 1 is 1.39 bits per heavy atom. The number of rotatable bonds is 2. The molecule has 0 bridgehead atoms. The average Bonchev–Trinajstić information content (AvgIpc) is 2.31. The van der Waals surface area contributed by atoms with Crippen LogP contribution in [0.4, 0.5) is 0 Å². The van der Waals surface area contributed by atoms with E-state index in [4.69, 9.17) is 16.7 Å². The molecule has 1 heterocycles. The lowest BCUT2D eigenvalue weighted by Crippen LogP contribution is -2.40. The Kier molecular flexibility index (Phi) is 2.96. The average molecular weight is 269 g/mol. The molecule has 2 rings (SSSR count). The molecule has 0 aliphatic carbocycles. The van der Waals surface area contributed by atoms with E-state index in [-0.39, 0.29) is 5.39 Å². The fraction of sp³-hybridized carbons (Fsp3) is 0.182. The van der Waals surface area contributed by atoms with Crippen molar-refractivity contribution in [3.63, 3.8) is 0 Å². The summed E-state index contributed by atoms with van der Waals surface area (Å²) in [6.07, 6.45) is 0. The van der Waals surface area contributed by atoms with Crippen LogP contribution in [0, 0.1) is 0 Å². The van der Waals surface area contributed by atoms with Crippen LogP contribution >= 0.6 is 11.6 Å². The van der Waals surface area contributed by atoms with Crippen LogP contribution in [-0.2, 0) is 18.4 Å². The van der Waals surface area contributed by atoms with Crippen molar-refractivity contribution < 1.29 is 9.90 Å². The molecular weight excluding hydrogens is 260 g/mol. The number of carbonyl (C=O) groups is 1. The van der Waals surface area contributed by atoms with Gasteiger partial charge in [0.05, 0.1) is 10.9 Å². The first-order valence-corrected chi connectivity index (χ1v) is 5.40. The van der Waals surface area contributed by atoms with Crippen LogP contribution in [0.5, 0.6) is 0 Å². The molecule has 94 valence electrons. The summed E-state index contributed by atoms with van der Waals surface area (Å²) in [7, 11) is 1.46. The third-order valence-electron chi connectivity index (χ3n) is 2.61. The van der Waals surface area contributed by atoms with Gasteiger partial charge < -0.3 is 5.11 Å². The fourth-order valence-corrected chi connectivity index (χ4v) is 1.92. The van der Waals surface area contributed by atoms with Gasteiger partial charge in [-0.3, -0.25) is 14.2 Å². The maximum absolute atomic E-state index is 12.0. The van der Waals surface area contributed by atoms with Gasteiger partial charge in [0.1, 0.15) is 6.54 Å². The lowest BCUT2D eigenvalue weighted by molar-refractivity contribution is -0.137. The van der Waals surface area contributed by atoms with Gasteiger partial charge in [-0.1, -0.05) is 11.6 Å². The molecule has 18 heavy (non-hydrogen) atoms. The van der Waals surface area contributed by atoms with Crippen LogP contribution in [0.25, 0.3) is 10.9 Å². The first kappa shape index (κ1) is 12.4. The van der Waals surface area contributed by atoms with Crippen LogP contribution in [0.1, 0.15) is 0 Å². The van der Waals surface area contributed by atoms with Crippen LogP contribution in [0.3, 0.4) is 0 Å². The normalized spacial score (nSPS) is 10.8. The number of benzene rings is 1. The number of aliphatic carboxylic acids is 1. The molecule has 2 aromatic rings. The molecular formula is C11H9ClN2O4. The third kappa shape index (κ3) is 1.91. The van der Waals surface area contributed by atoms with E-state index < -0.39 is 23.8 Å². The zero-order chi connectivity index (χ0) is 13.4. The predicted octanol–water partition coefficient (Wildman–Crippen LogP) is 0.438. The minimum absolute atomic E-state index is 0.253. The molecule has 0 saturated heterocycles. The Labute approximate surface area is 106 Å². The molecule has 0 spiro atoms. The molecule has 0 atom stereocenters. The summed E-state index contributed by atoms with van der Waals surface area (Å²) in [5.41, 5.74) is -0.941. The van der Waals surface area contributed by atoms with Crippen molar-refractivity contribution in [3.8, 4) is 0 Å². The van der Waals surface area contributed by atoms with Gasteiger partial charge in [-0.05, 0) is 18.2 Å². The minimum atomic E-state index is -1.25. The highest BCUT2D eigenvalue weighted by atomic mass is 35.5. The maximum atomic E-state index is 12.0. The zero-order valence-corrected chi connectivity index (χ0v) is 10.1. The van der Waals surface area contributed by atoms with Crippen molar-refractivity contribution in [3.05, 3.63) is 44.1 Å². The highest BCUT2D eigenvalue weighted by Gasteiger charge is 2.13. The van der Waals surface area contributed by atoms with Crippen molar-refractivity contribution in [1.82, 2.24) is 9.13 Å². The van der Waals surface area contributed by atoms with Gasteiger partial charge in [-0.15, -0.1) is 0 Å². The predicted molar refractivity (Wildman–Crippen MR) is 66.1 cm³/mol. The number of aryl methyl sites for hydroxylation is 1. The van der Waals surface area contributed by atoms with E-state index in [1.54, 1.807) is 0 Å². The van der Waals surface area contributed by atoms with Crippen LogP contribution < -0.4 is 11.2 Å². The standard InChI is InChI=1S/C11H9ClN2O4/c1-13-8-4-6(12)2-3-7(8)10(17)14(11(13)18)5-9(15)16/h2-4H,5H2,1H3,(H,15,16). The maximum Gasteiger partial charge on any atom is 0.331 e. The van der Waals surface area contributed by atoms with E-state index in [9.17, 15) is 14.4 Å². The number of hydrogen-bond donors (Lipinski definition) is 1. The second-order valence-electron chi connectivity index (χ2n) is 3.79. The number of halogens is 1. The lowest BCUT2D eigenvalue weighted by Gasteiger charge is -2.09. The van der Waals surface area contributed by atoms with Gasteiger partial charge >= 0.3 is 11.7 Å².